The van der Waals surface area contributed by atoms with Crippen molar-refractivity contribution in [2.24, 2.45) is 10.8 Å². The van der Waals surface area contributed by atoms with Gasteiger partial charge in [-0.2, -0.15) is 0 Å². The number of aromatic nitrogens is 4. The zero-order chi connectivity index (χ0) is 32.3. The van der Waals surface area contributed by atoms with E-state index in [1.165, 1.54) is 61.7 Å². The molecule has 12 heteroatoms. The highest BCUT2D eigenvalue weighted by molar-refractivity contribution is 5.97. The minimum atomic E-state index is -0.507. The smallest absolute Gasteiger partial charge is 0.282 e. The van der Waals surface area contributed by atoms with E-state index in [1.54, 1.807) is 4.90 Å². The summed E-state index contributed by atoms with van der Waals surface area (Å²) in [5, 5.41) is 11.6. The van der Waals surface area contributed by atoms with Crippen LogP contribution < -0.4 is 19.7 Å². The number of halogens is 1. The molecule has 2 spiro atoms. The molecular formula is C35H43FN8O3. The number of benzene rings is 1. The molecule has 5 aliphatic rings. The van der Waals surface area contributed by atoms with Crippen molar-refractivity contribution in [2.45, 2.75) is 77.6 Å². The number of hydrogen-bond donors (Lipinski definition) is 1. The summed E-state index contributed by atoms with van der Waals surface area (Å²) in [6.07, 6.45) is 9.00. The van der Waals surface area contributed by atoms with E-state index in [2.05, 4.69) is 30.3 Å². The SMILES string of the molecule is CCN(C(=O)c1cc(F)ccc1Oc1nncnc1N1CC2(CC(Oc3ccnc4c3CN(C3CC5(CNC5)C3)CC4)C2)C1)C(C)C. The number of carbonyl (C=O) groups is 1. The first-order valence-electron chi connectivity index (χ1n) is 17.0. The van der Waals surface area contributed by atoms with Gasteiger partial charge in [0.05, 0.1) is 5.56 Å². The van der Waals surface area contributed by atoms with E-state index in [9.17, 15) is 9.18 Å². The summed E-state index contributed by atoms with van der Waals surface area (Å²) in [6, 6.07) is 6.63. The van der Waals surface area contributed by atoms with Gasteiger partial charge >= 0.3 is 0 Å². The Hall–Kier alpha value is -3.90. The van der Waals surface area contributed by atoms with E-state index in [0.29, 0.717) is 23.8 Å². The number of hydrogen-bond acceptors (Lipinski definition) is 10. The van der Waals surface area contributed by atoms with Crippen molar-refractivity contribution in [3.05, 3.63) is 59.4 Å². The average Bonchev–Trinajstić information content (AvgIpc) is 2.98. The highest BCUT2D eigenvalue weighted by Gasteiger charge is 2.55. The van der Waals surface area contributed by atoms with Gasteiger partial charge in [-0.1, -0.05) is 0 Å². The topological polar surface area (TPSA) is 109 Å². The van der Waals surface area contributed by atoms with Crippen molar-refractivity contribution in [1.29, 1.82) is 0 Å². The molecule has 0 unspecified atom stereocenters. The van der Waals surface area contributed by atoms with E-state index in [0.717, 1.165) is 51.2 Å². The monoisotopic (exact) mass is 642 g/mol. The van der Waals surface area contributed by atoms with Crippen molar-refractivity contribution < 1.29 is 18.7 Å². The fourth-order valence-electron chi connectivity index (χ4n) is 8.46. The summed E-state index contributed by atoms with van der Waals surface area (Å²) in [7, 11) is 0. The zero-order valence-corrected chi connectivity index (χ0v) is 27.4. The van der Waals surface area contributed by atoms with Gasteiger partial charge in [0.1, 0.15) is 29.7 Å². The summed E-state index contributed by atoms with van der Waals surface area (Å²) in [6.45, 7) is 12.2. The standard InChI is InChI=1S/C35H43FN8O3/c1-4-44(22(2)3)33(45)26-11-23(36)5-6-29(26)47-32-31(39-21-40-41-32)43-19-35(20-43)14-25(15-35)46-30-7-9-38-28-8-10-42(16-27(28)30)24-12-34(13-24)17-37-18-34/h5-7,9,11,21-22,24-25,37H,4,8,10,12-20H2,1-3H3. The van der Waals surface area contributed by atoms with E-state index in [1.807, 2.05) is 33.0 Å². The van der Waals surface area contributed by atoms with Gasteiger partial charge < -0.3 is 24.6 Å². The van der Waals surface area contributed by atoms with Crippen LogP contribution in [0.25, 0.3) is 0 Å². The highest BCUT2D eigenvalue weighted by Crippen LogP contribution is 2.52. The molecule has 11 nitrogen and oxygen atoms in total. The lowest BCUT2D eigenvalue weighted by Gasteiger charge is -2.59. The fraction of sp³-hybridized carbons (Fsp3) is 0.571. The number of ether oxygens (including phenoxy) is 2. The van der Waals surface area contributed by atoms with Gasteiger partial charge in [0.15, 0.2) is 5.82 Å². The molecule has 2 aromatic heterocycles. The van der Waals surface area contributed by atoms with Crippen LogP contribution in [0.2, 0.25) is 0 Å². The second kappa shape index (κ2) is 11.7. The van der Waals surface area contributed by atoms with Gasteiger partial charge in [-0.3, -0.25) is 14.7 Å². The maximum atomic E-state index is 14.3. The number of nitrogens with one attached hydrogen (secondary N) is 1. The molecule has 5 heterocycles. The quantitative estimate of drug-likeness (QED) is 0.365. The molecule has 8 rings (SSSR count). The minimum absolute atomic E-state index is 0.0478. The molecule has 0 atom stereocenters. The molecule has 1 N–H and O–H groups in total. The zero-order valence-electron chi connectivity index (χ0n) is 27.4. The van der Waals surface area contributed by atoms with E-state index >= 15 is 0 Å². The van der Waals surface area contributed by atoms with E-state index in [4.69, 9.17) is 14.5 Å². The average molecular weight is 643 g/mol. The fourth-order valence-corrected chi connectivity index (χ4v) is 8.46. The number of rotatable bonds is 9. The minimum Gasteiger partial charge on any atom is -0.490 e. The van der Waals surface area contributed by atoms with Crippen molar-refractivity contribution in [1.82, 2.24) is 35.3 Å². The molecule has 47 heavy (non-hydrogen) atoms. The number of pyridine rings is 1. The molecule has 3 aliphatic heterocycles. The summed E-state index contributed by atoms with van der Waals surface area (Å²) in [5.41, 5.74) is 3.32. The van der Waals surface area contributed by atoms with E-state index < -0.39 is 5.82 Å². The van der Waals surface area contributed by atoms with Crippen molar-refractivity contribution in [2.75, 3.05) is 44.2 Å². The lowest BCUT2D eigenvalue weighted by Crippen LogP contribution is -2.65. The van der Waals surface area contributed by atoms with Crippen LogP contribution in [0.1, 0.15) is 68.1 Å². The van der Waals surface area contributed by atoms with Gasteiger partial charge in [0.2, 0.25) is 0 Å². The Morgan fingerprint density at radius 3 is 2.64 bits per heavy atom. The Kier molecular flexibility index (Phi) is 7.55. The number of anilines is 1. The lowest BCUT2D eigenvalue weighted by molar-refractivity contribution is -0.0449. The number of nitrogens with zero attached hydrogens (tertiary/aromatic N) is 7. The van der Waals surface area contributed by atoms with Crippen LogP contribution in [0, 0.1) is 16.6 Å². The van der Waals surface area contributed by atoms with Gasteiger partial charge in [-0.15, -0.1) is 10.2 Å². The largest absolute Gasteiger partial charge is 0.490 e. The Morgan fingerprint density at radius 1 is 1.11 bits per heavy atom. The molecule has 0 radical (unpaired) electrons. The van der Waals surface area contributed by atoms with Gasteiger partial charge in [-0.25, -0.2) is 9.37 Å². The molecule has 2 aliphatic carbocycles. The second-order valence-electron chi connectivity index (χ2n) is 14.6. The third-order valence-electron chi connectivity index (χ3n) is 11.1. The maximum Gasteiger partial charge on any atom is 0.282 e. The van der Waals surface area contributed by atoms with Crippen LogP contribution in [0.3, 0.4) is 0 Å². The Balaban J connectivity index is 0.902. The molecule has 1 aromatic carbocycles. The molecule has 3 aromatic rings. The lowest BCUT2D eigenvalue weighted by atomic mass is 9.61. The normalized spacial score (nSPS) is 22.6. The Morgan fingerprint density at radius 2 is 1.91 bits per heavy atom. The first-order valence-corrected chi connectivity index (χ1v) is 17.0. The first-order chi connectivity index (χ1) is 22.7. The molecule has 0 bridgehead atoms. The molecule has 248 valence electrons. The maximum absolute atomic E-state index is 14.3. The van der Waals surface area contributed by atoms with Gasteiger partial charge in [-0.05, 0) is 76.1 Å². The van der Waals surface area contributed by atoms with Crippen LogP contribution >= 0.6 is 0 Å². The predicted molar refractivity (Wildman–Crippen MR) is 173 cm³/mol. The first kappa shape index (κ1) is 30.4. The van der Waals surface area contributed by atoms with Crippen LogP contribution in [-0.4, -0.2) is 93.3 Å². The molecule has 4 fully saturated rings. The predicted octanol–water partition coefficient (Wildman–Crippen LogP) is 4.23. The number of amides is 1. The molecule has 2 saturated heterocycles. The van der Waals surface area contributed by atoms with Crippen LogP contribution in [0.4, 0.5) is 10.2 Å². The van der Waals surface area contributed by atoms with Crippen molar-refractivity contribution in [3.8, 4) is 17.4 Å². The van der Waals surface area contributed by atoms with Gasteiger partial charge in [0.25, 0.3) is 11.8 Å². The Bertz CT molecular complexity index is 1660. The van der Waals surface area contributed by atoms with Crippen molar-refractivity contribution in [3.63, 3.8) is 0 Å². The summed E-state index contributed by atoms with van der Waals surface area (Å²) in [4.78, 5) is 29.0. The number of carbonyl (C=O) groups excluding carboxylic acids is 1. The highest BCUT2D eigenvalue weighted by atomic mass is 19.1. The van der Waals surface area contributed by atoms with Gasteiger partial charge in [0, 0.05) is 87.2 Å². The molecular weight excluding hydrogens is 599 g/mol. The number of fused-ring (bicyclic) bond motifs is 1. The third kappa shape index (κ3) is 5.48. The Labute approximate surface area is 274 Å². The second-order valence-corrected chi connectivity index (χ2v) is 14.6. The van der Waals surface area contributed by atoms with Crippen LogP contribution in [-0.2, 0) is 13.0 Å². The summed E-state index contributed by atoms with van der Waals surface area (Å²) >= 11 is 0. The summed E-state index contributed by atoms with van der Waals surface area (Å²) in [5.74, 6) is 1.17. The third-order valence-corrected chi connectivity index (χ3v) is 11.1. The van der Waals surface area contributed by atoms with E-state index in [-0.39, 0.29) is 40.7 Å². The van der Waals surface area contributed by atoms with Crippen LogP contribution in [0.5, 0.6) is 17.4 Å². The molecule has 2 saturated carbocycles. The van der Waals surface area contributed by atoms with Crippen LogP contribution in [0.15, 0.2) is 36.8 Å². The van der Waals surface area contributed by atoms with Crippen molar-refractivity contribution >= 4 is 11.7 Å². The summed E-state index contributed by atoms with van der Waals surface area (Å²) < 4.78 is 27.1. The molecule has 1 amide bonds.